The fourth-order valence-corrected chi connectivity index (χ4v) is 13.3. The molecule has 16 rings (SSSR count). The summed E-state index contributed by atoms with van der Waals surface area (Å²) in [5, 5.41) is 19.6. The van der Waals surface area contributed by atoms with Crippen LogP contribution in [0.4, 0.5) is 0 Å². The van der Waals surface area contributed by atoms with Gasteiger partial charge in [-0.1, -0.05) is 267 Å². The van der Waals surface area contributed by atoms with Gasteiger partial charge in [0.2, 0.25) is 0 Å². The van der Waals surface area contributed by atoms with Crippen molar-refractivity contribution < 1.29 is 0 Å². The van der Waals surface area contributed by atoms with E-state index < -0.39 is 0 Å². The summed E-state index contributed by atoms with van der Waals surface area (Å²) in [6.45, 7) is 0. The van der Waals surface area contributed by atoms with E-state index in [0.717, 1.165) is 0 Å². The molecule has 0 aliphatic heterocycles. The van der Waals surface area contributed by atoms with Crippen LogP contribution in [0, 0.1) is 0 Å². The predicted molar refractivity (Wildman–Crippen MR) is 345 cm³/mol. The van der Waals surface area contributed by atoms with Crippen molar-refractivity contribution in [2.45, 2.75) is 0 Å². The minimum absolute atomic E-state index is 1.18. The molecule has 80 heavy (non-hydrogen) atoms. The monoisotopic (exact) mass is 1010 g/mol. The van der Waals surface area contributed by atoms with E-state index in [1.807, 2.05) is 0 Å². The first-order chi connectivity index (χ1) is 39.7. The van der Waals surface area contributed by atoms with Gasteiger partial charge in [-0.05, 0) is 200 Å². The third-order valence-corrected chi connectivity index (χ3v) is 17.0. The van der Waals surface area contributed by atoms with Crippen LogP contribution in [0.25, 0.3) is 164 Å². The molecule has 0 spiro atoms. The van der Waals surface area contributed by atoms with Gasteiger partial charge in [-0.2, -0.15) is 0 Å². The van der Waals surface area contributed by atoms with Gasteiger partial charge in [0.25, 0.3) is 0 Å². The molecule has 0 atom stereocenters. The number of rotatable bonds is 7. The molecule has 0 N–H and O–H groups in total. The highest BCUT2D eigenvalue weighted by molar-refractivity contribution is 6.26. The Labute approximate surface area is 464 Å². The highest BCUT2D eigenvalue weighted by atomic mass is 14.3. The maximum absolute atomic E-state index is 2.52. The van der Waals surface area contributed by atoms with Gasteiger partial charge in [0.1, 0.15) is 0 Å². The lowest BCUT2D eigenvalue weighted by Gasteiger charge is -2.22. The van der Waals surface area contributed by atoms with Crippen molar-refractivity contribution in [3.05, 3.63) is 303 Å². The molecular weight excluding hydrogens is 961 g/mol. The van der Waals surface area contributed by atoms with E-state index >= 15 is 0 Å². The van der Waals surface area contributed by atoms with Gasteiger partial charge in [-0.15, -0.1) is 0 Å². The standard InChI is InChI=1S/C80H50/c1-2-21-54(22-3-1)73-47-57-26-8-9-27-58(57)48-74(73)59-41-43-66-67-44-42-62(50-76(67)79(61-40-38-52-20-5-7-25-56(52)46-61)78(75(66)49-59)60-39-37-51-19-4-6-24-55(51)45-60)77-69-32-14-16-34-71(69)80(72-35-17-15-33-70(72)77)68-31-13-12-30-65(68)64-36-18-28-53-23-10-11-29-63(53)64/h1-50H. The summed E-state index contributed by atoms with van der Waals surface area (Å²) in [5.74, 6) is 0. The molecule has 0 fully saturated rings. The smallest absolute Gasteiger partial charge is 0.00199 e. The Morgan fingerprint density at radius 1 is 0.125 bits per heavy atom. The Morgan fingerprint density at radius 2 is 0.500 bits per heavy atom. The van der Waals surface area contributed by atoms with E-state index in [0.29, 0.717) is 0 Å². The summed E-state index contributed by atoms with van der Waals surface area (Å²) >= 11 is 0. The van der Waals surface area contributed by atoms with E-state index in [1.165, 1.54) is 164 Å². The number of hydrogen-bond acceptors (Lipinski definition) is 0. The molecule has 370 valence electrons. The molecule has 0 heterocycles. The quantitative estimate of drug-likeness (QED) is 0.110. The molecule has 16 aromatic carbocycles. The summed E-state index contributed by atoms with van der Waals surface area (Å²) in [6, 6.07) is 113. The zero-order chi connectivity index (χ0) is 52.7. The third kappa shape index (κ3) is 7.45. The summed E-state index contributed by atoms with van der Waals surface area (Å²) in [7, 11) is 0. The zero-order valence-electron chi connectivity index (χ0n) is 43.9. The highest BCUT2D eigenvalue weighted by Crippen LogP contribution is 2.51. The van der Waals surface area contributed by atoms with Gasteiger partial charge >= 0.3 is 0 Å². The maximum atomic E-state index is 2.52. The molecule has 0 bridgehead atoms. The van der Waals surface area contributed by atoms with E-state index in [-0.39, 0.29) is 0 Å². The van der Waals surface area contributed by atoms with Crippen LogP contribution < -0.4 is 0 Å². The van der Waals surface area contributed by atoms with Crippen LogP contribution in [-0.4, -0.2) is 0 Å². The Bertz CT molecular complexity index is 5110. The molecule has 0 saturated heterocycles. The molecule has 0 unspecified atom stereocenters. The Morgan fingerprint density at radius 3 is 1.07 bits per heavy atom. The van der Waals surface area contributed by atoms with Gasteiger partial charge in [-0.3, -0.25) is 0 Å². The first kappa shape index (κ1) is 45.8. The van der Waals surface area contributed by atoms with Crippen molar-refractivity contribution >= 4 is 86.2 Å². The van der Waals surface area contributed by atoms with Crippen LogP contribution in [0.3, 0.4) is 0 Å². The zero-order valence-corrected chi connectivity index (χ0v) is 43.9. The van der Waals surface area contributed by atoms with Gasteiger partial charge in [-0.25, -0.2) is 0 Å². The summed E-state index contributed by atoms with van der Waals surface area (Å²) in [6.07, 6.45) is 0. The topological polar surface area (TPSA) is 0 Å². The maximum Gasteiger partial charge on any atom is -0.00199 e. The van der Waals surface area contributed by atoms with Crippen LogP contribution in [0.15, 0.2) is 303 Å². The van der Waals surface area contributed by atoms with Crippen molar-refractivity contribution in [1.29, 1.82) is 0 Å². The van der Waals surface area contributed by atoms with E-state index in [1.54, 1.807) is 0 Å². The second-order valence-electron chi connectivity index (χ2n) is 21.4. The fraction of sp³-hybridized carbons (Fsp3) is 0. The van der Waals surface area contributed by atoms with Crippen molar-refractivity contribution in [1.82, 2.24) is 0 Å². The van der Waals surface area contributed by atoms with E-state index in [2.05, 4.69) is 303 Å². The summed E-state index contributed by atoms with van der Waals surface area (Å²) in [5.41, 5.74) is 17.0. The highest BCUT2D eigenvalue weighted by Gasteiger charge is 2.24. The lowest BCUT2D eigenvalue weighted by Crippen LogP contribution is -1.95. The lowest BCUT2D eigenvalue weighted by atomic mass is 9.80. The average molecular weight is 1010 g/mol. The molecular formula is C80H50. The van der Waals surface area contributed by atoms with Crippen LogP contribution in [0.2, 0.25) is 0 Å². The molecule has 0 heteroatoms. The second-order valence-corrected chi connectivity index (χ2v) is 21.4. The minimum atomic E-state index is 1.18. The third-order valence-electron chi connectivity index (χ3n) is 17.0. The summed E-state index contributed by atoms with van der Waals surface area (Å²) < 4.78 is 0. The second kappa shape index (κ2) is 18.7. The number of fused-ring (bicyclic) bond motifs is 9. The molecule has 16 aromatic rings. The largest absolute Gasteiger partial charge is 0.0622 e. The average Bonchev–Trinajstić information content (AvgIpc) is 3.63. The number of benzene rings is 16. The van der Waals surface area contributed by atoms with Gasteiger partial charge < -0.3 is 0 Å². The van der Waals surface area contributed by atoms with Crippen molar-refractivity contribution in [2.75, 3.05) is 0 Å². The Hall–Kier alpha value is -10.4. The van der Waals surface area contributed by atoms with Crippen LogP contribution in [0.1, 0.15) is 0 Å². The molecule has 0 aromatic heterocycles. The van der Waals surface area contributed by atoms with Crippen LogP contribution >= 0.6 is 0 Å². The Balaban J connectivity index is 1.01. The summed E-state index contributed by atoms with van der Waals surface area (Å²) in [4.78, 5) is 0. The van der Waals surface area contributed by atoms with Crippen LogP contribution in [0.5, 0.6) is 0 Å². The molecule has 0 aliphatic rings. The van der Waals surface area contributed by atoms with E-state index in [4.69, 9.17) is 0 Å². The molecule has 0 radical (unpaired) electrons. The first-order valence-corrected chi connectivity index (χ1v) is 27.8. The van der Waals surface area contributed by atoms with Gasteiger partial charge in [0, 0.05) is 0 Å². The fourth-order valence-electron chi connectivity index (χ4n) is 13.3. The molecule has 0 nitrogen and oxygen atoms in total. The molecule has 0 aliphatic carbocycles. The van der Waals surface area contributed by atoms with Gasteiger partial charge in [0.05, 0.1) is 0 Å². The predicted octanol–water partition coefficient (Wildman–Crippen LogP) is 22.6. The first-order valence-electron chi connectivity index (χ1n) is 27.8. The van der Waals surface area contributed by atoms with E-state index in [9.17, 15) is 0 Å². The van der Waals surface area contributed by atoms with Crippen molar-refractivity contribution in [2.24, 2.45) is 0 Å². The minimum Gasteiger partial charge on any atom is -0.0622 e. The normalized spacial score (nSPS) is 11.8. The van der Waals surface area contributed by atoms with Crippen LogP contribution in [-0.2, 0) is 0 Å². The molecule has 0 saturated carbocycles. The Kier molecular flexibility index (Phi) is 10.7. The molecule has 0 amide bonds. The lowest BCUT2D eigenvalue weighted by molar-refractivity contribution is 1.61. The van der Waals surface area contributed by atoms with Crippen molar-refractivity contribution in [3.63, 3.8) is 0 Å². The van der Waals surface area contributed by atoms with Crippen molar-refractivity contribution in [3.8, 4) is 77.9 Å². The SMILES string of the molecule is c1ccc(-c2cc3ccccc3cc2-c2ccc3c(c2)c(-c2ccc4ccccc4c2)c(-c2ccc4ccccc4c2)c2cc(-c4c5ccccc5c(-c5ccccc5-c5cccc6ccccc56)c5ccccc45)ccc23)cc1. The number of hydrogen-bond donors (Lipinski definition) is 0. The van der Waals surface area contributed by atoms with Gasteiger partial charge in [0.15, 0.2) is 0 Å².